The van der Waals surface area contributed by atoms with Gasteiger partial charge in [0.25, 0.3) is 0 Å². The van der Waals surface area contributed by atoms with Gasteiger partial charge in [-0.3, -0.25) is 4.79 Å². The van der Waals surface area contributed by atoms with E-state index in [1.165, 1.54) is 0 Å². The fourth-order valence-electron chi connectivity index (χ4n) is 4.28. The second-order valence-electron chi connectivity index (χ2n) is 7.29. The predicted octanol–water partition coefficient (Wildman–Crippen LogP) is -0.269. The summed E-state index contributed by atoms with van der Waals surface area (Å²) in [5.74, 6) is 0.160. The minimum Gasteiger partial charge on any atom is -0.394 e. The van der Waals surface area contributed by atoms with Crippen molar-refractivity contribution in [1.82, 2.24) is 0 Å². The molecule has 1 heterocycles. The molecule has 1 aliphatic heterocycles. The molecule has 3 rings (SSSR count). The van der Waals surface area contributed by atoms with Gasteiger partial charge in [-0.15, -0.1) is 0 Å². The average Bonchev–Trinajstić information content (AvgIpc) is 2.85. The van der Waals surface area contributed by atoms with E-state index in [1.54, 1.807) is 0 Å². The van der Waals surface area contributed by atoms with Gasteiger partial charge in [-0.2, -0.15) is 0 Å². The molecule has 138 valence electrons. The van der Waals surface area contributed by atoms with E-state index in [2.05, 4.69) is 0 Å². The number of carbonyl (C=O) groups excluding carboxylic acids is 1. The van der Waals surface area contributed by atoms with Gasteiger partial charge >= 0.3 is 0 Å². The van der Waals surface area contributed by atoms with Crippen LogP contribution in [0.3, 0.4) is 0 Å². The van der Waals surface area contributed by atoms with Crippen molar-refractivity contribution in [1.29, 1.82) is 0 Å². The minimum absolute atomic E-state index is 0.112. The van der Waals surface area contributed by atoms with Gasteiger partial charge in [-0.05, 0) is 25.7 Å². The van der Waals surface area contributed by atoms with Crippen molar-refractivity contribution in [2.45, 2.75) is 81.8 Å². The summed E-state index contributed by atoms with van der Waals surface area (Å²) >= 11 is 0. The number of ketones is 1. The van der Waals surface area contributed by atoms with Crippen molar-refractivity contribution in [3.8, 4) is 0 Å². The van der Waals surface area contributed by atoms with Crippen molar-refractivity contribution in [2.24, 2.45) is 11.8 Å². The third-order valence-corrected chi connectivity index (χ3v) is 5.73. The van der Waals surface area contributed by atoms with Gasteiger partial charge in [0.2, 0.25) is 0 Å². The third kappa shape index (κ3) is 3.52. The van der Waals surface area contributed by atoms with Crippen LogP contribution in [0.25, 0.3) is 0 Å². The number of hydrogen-bond donors (Lipinski definition) is 4. The summed E-state index contributed by atoms with van der Waals surface area (Å²) in [6, 6.07) is 0. The van der Waals surface area contributed by atoms with Crippen LogP contribution in [0.15, 0.2) is 0 Å². The first-order chi connectivity index (χ1) is 11.5. The SMILES string of the molecule is O=C1[C@@H]2CCCC[C@H]1[C@@H](O[C@H]1O[C@H](CO)[C@@H](O)[C@H](O)[C@H]1O)CCC2. The maximum absolute atomic E-state index is 12.7. The summed E-state index contributed by atoms with van der Waals surface area (Å²) in [5.41, 5.74) is 0. The zero-order valence-corrected chi connectivity index (χ0v) is 13.8. The maximum Gasteiger partial charge on any atom is 0.186 e. The Morgan fingerprint density at radius 2 is 1.67 bits per heavy atom. The monoisotopic (exact) mass is 344 g/mol. The van der Waals surface area contributed by atoms with E-state index in [4.69, 9.17) is 9.47 Å². The Morgan fingerprint density at radius 1 is 0.958 bits per heavy atom. The average molecular weight is 344 g/mol. The second-order valence-corrected chi connectivity index (χ2v) is 7.29. The molecule has 0 aromatic carbocycles. The molecule has 0 aromatic rings. The van der Waals surface area contributed by atoms with E-state index in [0.717, 1.165) is 38.5 Å². The predicted molar refractivity (Wildman–Crippen MR) is 82.9 cm³/mol. The topological polar surface area (TPSA) is 116 Å². The molecular formula is C17H28O7. The Morgan fingerprint density at radius 3 is 2.42 bits per heavy atom. The van der Waals surface area contributed by atoms with Crippen molar-refractivity contribution in [3.63, 3.8) is 0 Å². The molecule has 0 radical (unpaired) electrons. The maximum atomic E-state index is 12.7. The Bertz CT molecular complexity index is 441. The highest BCUT2D eigenvalue weighted by Gasteiger charge is 2.46. The smallest absolute Gasteiger partial charge is 0.186 e. The van der Waals surface area contributed by atoms with Gasteiger partial charge in [0.1, 0.15) is 30.2 Å². The van der Waals surface area contributed by atoms with Crippen LogP contribution in [0.1, 0.15) is 44.9 Å². The quantitative estimate of drug-likeness (QED) is 0.557. The molecule has 2 saturated carbocycles. The van der Waals surface area contributed by atoms with E-state index in [9.17, 15) is 25.2 Å². The lowest BCUT2D eigenvalue weighted by Gasteiger charge is -2.41. The molecule has 0 amide bonds. The van der Waals surface area contributed by atoms with Crippen molar-refractivity contribution < 1.29 is 34.7 Å². The van der Waals surface area contributed by atoms with Crippen LogP contribution in [0.5, 0.6) is 0 Å². The van der Waals surface area contributed by atoms with Crippen LogP contribution in [0, 0.1) is 11.8 Å². The van der Waals surface area contributed by atoms with E-state index in [-0.39, 0.29) is 23.7 Å². The fraction of sp³-hybridized carbons (Fsp3) is 0.941. The summed E-state index contributed by atoms with van der Waals surface area (Å²) in [6.07, 6.45) is -0.534. The fourth-order valence-corrected chi connectivity index (χ4v) is 4.28. The van der Waals surface area contributed by atoms with Crippen molar-refractivity contribution in [3.05, 3.63) is 0 Å². The summed E-state index contributed by atoms with van der Waals surface area (Å²) in [7, 11) is 0. The number of fused-ring (bicyclic) bond motifs is 2. The normalized spacial score (nSPS) is 47.1. The number of ether oxygens (including phenoxy) is 2. The van der Waals surface area contributed by atoms with Crippen molar-refractivity contribution in [2.75, 3.05) is 6.61 Å². The van der Waals surface area contributed by atoms with Crippen molar-refractivity contribution >= 4 is 5.78 Å². The molecule has 24 heavy (non-hydrogen) atoms. The Kier molecular flexibility index (Phi) is 5.89. The highest BCUT2D eigenvalue weighted by atomic mass is 16.7. The molecule has 3 aliphatic rings. The van der Waals surface area contributed by atoms with Crippen LogP contribution in [0.2, 0.25) is 0 Å². The van der Waals surface area contributed by atoms with Crippen LogP contribution in [-0.2, 0) is 14.3 Å². The number of carbonyl (C=O) groups is 1. The van der Waals surface area contributed by atoms with E-state index in [0.29, 0.717) is 6.42 Å². The van der Waals surface area contributed by atoms with Gasteiger partial charge in [-0.1, -0.05) is 19.3 Å². The molecule has 1 saturated heterocycles. The third-order valence-electron chi connectivity index (χ3n) is 5.73. The van der Waals surface area contributed by atoms with E-state index in [1.807, 2.05) is 0 Å². The number of hydrogen-bond acceptors (Lipinski definition) is 7. The first-order valence-corrected chi connectivity index (χ1v) is 9.02. The molecule has 0 unspecified atom stereocenters. The lowest BCUT2D eigenvalue weighted by Crippen LogP contribution is -2.60. The van der Waals surface area contributed by atoms with Crippen LogP contribution >= 0.6 is 0 Å². The second kappa shape index (κ2) is 7.76. The molecule has 7 nitrogen and oxygen atoms in total. The molecule has 0 aromatic heterocycles. The van der Waals surface area contributed by atoms with Gasteiger partial charge < -0.3 is 29.9 Å². The Hall–Kier alpha value is -0.570. The van der Waals surface area contributed by atoms with E-state index < -0.39 is 37.3 Å². The molecule has 7 heteroatoms. The first kappa shape index (κ1) is 18.2. The molecule has 2 bridgehead atoms. The lowest BCUT2D eigenvalue weighted by atomic mass is 9.89. The highest BCUT2D eigenvalue weighted by Crippen LogP contribution is 2.37. The summed E-state index contributed by atoms with van der Waals surface area (Å²) < 4.78 is 11.3. The summed E-state index contributed by atoms with van der Waals surface area (Å²) in [4.78, 5) is 12.7. The molecule has 4 N–H and O–H groups in total. The Labute approximate surface area is 141 Å². The zero-order chi connectivity index (χ0) is 17.3. The largest absolute Gasteiger partial charge is 0.394 e. The molecular weight excluding hydrogens is 316 g/mol. The van der Waals surface area contributed by atoms with Gasteiger partial charge in [0.15, 0.2) is 6.29 Å². The van der Waals surface area contributed by atoms with Crippen LogP contribution < -0.4 is 0 Å². The first-order valence-electron chi connectivity index (χ1n) is 9.02. The number of rotatable bonds is 3. The van der Waals surface area contributed by atoms with Gasteiger partial charge in [-0.25, -0.2) is 0 Å². The minimum atomic E-state index is -1.45. The van der Waals surface area contributed by atoms with E-state index >= 15 is 0 Å². The van der Waals surface area contributed by atoms with Crippen LogP contribution in [0.4, 0.5) is 0 Å². The lowest BCUT2D eigenvalue weighted by molar-refractivity contribution is -0.314. The number of Topliss-reactive ketones (excluding diaryl/α,β-unsaturated/α-hetero) is 1. The number of aliphatic hydroxyl groups is 4. The Balaban J connectivity index is 1.72. The summed E-state index contributed by atoms with van der Waals surface area (Å²) in [6.45, 7) is -0.486. The standard InChI is InChI=1S/C17H28O7/c18-8-12-14(20)15(21)16(22)17(24-12)23-11-7-3-5-9-4-1-2-6-10(11)13(9)19/h9-12,14-18,20-22H,1-8H2/t9-,10+,11+,12-,14-,15+,16-,17+/m1/s1. The highest BCUT2D eigenvalue weighted by molar-refractivity contribution is 5.84. The number of aliphatic hydroxyl groups excluding tert-OH is 4. The van der Waals surface area contributed by atoms with Crippen LogP contribution in [-0.4, -0.2) is 69.6 Å². The molecule has 3 fully saturated rings. The summed E-state index contributed by atoms with van der Waals surface area (Å²) in [5, 5.41) is 39.1. The van der Waals surface area contributed by atoms with Gasteiger partial charge in [0.05, 0.1) is 12.7 Å². The molecule has 2 aliphatic carbocycles. The van der Waals surface area contributed by atoms with Gasteiger partial charge in [0, 0.05) is 11.8 Å². The molecule has 0 spiro atoms. The zero-order valence-electron chi connectivity index (χ0n) is 13.8. The molecule has 8 atom stereocenters.